The molecule has 0 radical (unpaired) electrons. The Morgan fingerprint density at radius 1 is 1.06 bits per heavy atom. The number of halogens is 2. The average molecular weight is 466 g/mol. The van der Waals surface area contributed by atoms with Crippen molar-refractivity contribution in [1.82, 2.24) is 24.7 Å². The first-order valence-corrected chi connectivity index (χ1v) is 11.4. The molecule has 4 heterocycles. The summed E-state index contributed by atoms with van der Waals surface area (Å²) in [6, 6.07) is 6.67. The van der Waals surface area contributed by atoms with Gasteiger partial charge in [0.2, 0.25) is 0 Å². The van der Waals surface area contributed by atoms with Crippen LogP contribution in [0.25, 0.3) is 22.3 Å². The summed E-state index contributed by atoms with van der Waals surface area (Å²) < 4.78 is 23.0. The smallest absolute Gasteiger partial charge is 0.179 e. The molecule has 1 aliphatic rings. The molecule has 4 aromatic rings. The van der Waals surface area contributed by atoms with Crippen molar-refractivity contribution in [3.63, 3.8) is 0 Å². The Kier molecular flexibility index (Phi) is 5.62. The summed E-state index contributed by atoms with van der Waals surface area (Å²) in [5.74, 6) is -0.268. The van der Waals surface area contributed by atoms with Gasteiger partial charge in [0.15, 0.2) is 5.65 Å². The Hall–Kier alpha value is -2.90. The number of aromatic nitrogens is 5. The van der Waals surface area contributed by atoms with Crippen LogP contribution < -0.4 is 0 Å². The lowest BCUT2D eigenvalue weighted by Gasteiger charge is -2.33. The maximum atomic E-state index is 15.0. The SMILES string of the molecule is Cc1nc2nc(C3C[C@@H](C)O[C@@H](c4cnn(C)c4)C3)cc(-c3ccc(Cl)cc3F)c2nc1C. The van der Waals surface area contributed by atoms with E-state index in [-0.39, 0.29) is 18.1 Å². The third-order valence-corrected chi connectivity index (χ3v) is 6.55. The van der Waals surface area contributed by atoms with Gasteiger partial charge < -0.3 is 4.74 Å². The quantitative estimate of drug-likeness (QED) is 0.379. The Labute approximate surface area is 196 Å². The zero-order valence-electron chi connectivity index (χ0n) is 19.0. The second-order valence-corrected chi connectivity index (χ2v) is 9.27. The molecule has 170 valence electrons. The van der Waals surface area contributed by atoms with Gasteiger partial charge in [-0.1, -0.05) is 11.6 Å². The van der Waals surface area contributed by atoms with Crippen LogP contribution in [0.3, 0.4) is 0 Å². The molecule has 1 saturated heterocycles. The molecular formula is C25H25ClFN5O. The lowest BCUT2D eigenvalue weighted by atomic mass is 9.86. The average Bonchev–Trinajstić information content (AvgIpc) is 3.20. The summed E-state index contributed by atoms with van der Waals surface area (Å²) in [7, 11) is 1.90. The second-order valence-electron chi connectivity index (χ2n) is 8.84. The van der Waals surface area contributed by atoms with Crippen molar-refractivity contribution in [3.8, 4) is 11.1 Å². The molecule has 1 aromatic carbocycles. The highest BCUT2D eigenvalue weighted by atomic mass is 35.5. The molecule has 1 aliphatic heterocycles. The number of fused-ring (bicyclic) bond motifs is 1. The van der Waals surface area contributed by atoms with Gasteiger partial charge in [-0.3, -0.25) is 4.68 Å². The first-order chi connectivity index (χ1) is 15.8. The molecule has 6 nitrogen and oxygen atoms in total. The van der Waals surface area contributed by atoms with Crippen LogP contribution in [0.15, 0.2) is 36.7 Å². The highest BCUT2D eigenvalue weighted by molar-refractivity contribution is 6.30. The van der Waals surface area contributed by atoms with Gasteiger partial charge >= 0.3 is 0 Å². The fraction of sp³-hybridized carbons (Fsp3) is 0.360. The molecule has 1 unspecified atom stereocenters. The minimum Gasteiger partial charge on any atom is -0.370 e. The van der Waals surface area contributed by atoms with E-state index in [1.54, 1.807) is 16.8 Å². The molecule has 33 heavy (non-hydrogen) atoms. The van der Waals surface area contributed by atoms with Crippen molar-refractivity contribution in [2.24, 2.45) is 7.05 Å². The van der Waals surface area contributed by atoms with Gasteiger partial charge in [-0.15, -0.1) is 0 Å². The number of nitrogens with zero attached hydrogens (tertiary/aromatic N) is 5. The molecule has 1 fully saturated rings. The zero-order valence-corrected chi connectivity index (χ0v) is 19.8. The third kappa shape index (κ3) is 4.23. The van der Waals surface area contributed by atoms with Crippen LogP contribution in [0.5, 0.6) is 0 Å². The monoisotopic (exact) mass is 465 g/mol. The summed E-state index contributed by atoms with van der Waals surface area (Å²) in [5, 5.41) is 4.65. The second kappa shape index (κ2) is 8.47. The Bertz CT molecular complexity index is 1350. The summed E-state index contributed by atoms with van der Waals surface area (Å²) in [6.07, 6.45) is 5.38. The van der Waals surface area contributed by atoms with Gasteiger partial charge in [-0.25, -0.2) is 19.3 Å². The van der Waals surface area contributed by atoms with E-state index in [1.165, 1.54) is 6.07 Å². The van der Waals surface area contributed by atoms with E-state index in [0.717, 1.165) is 35.5 Å². The molecule has 3 aromatic heterocycles. The van der Waals surface area contributed by atoms with E-state index < -0.39 is 5.82 Å². The Balaban J connectivity index is 1.64. The Morgan fingerprint density at radius 3 is 2.58 bits per heavy atom. The first-order valence-electron chi connectivity index (χ1n) is 11.0. The van der Waals surface area contributed by atoms with E-state index >= 15 is 0 Å². The zero-order chi connectivity index (χ0) is 23.3. The largest absolute Gasteiger partial charge is 0.370 e. The van der Waals surface area contributed by atoms with E-state index in [4.69, 9.17) is 31.3 Å². The standard InChI is InChI=1S/C25H25ClFN5O/c1-13-7-16(8-23(33-13)17-11-28-32(4)12-17)22-10-20(19-6-5-18(26)9-21(19)27)24-25(31-22)30-15(3)14(2)29-24/h5-6,9-13,16,23H,7-8H2,1-4H3/t13-,16?,23-/m1/s1. The van der Waals surface area contributed by atoms with Crippen LogP contribution >= 0.6 is 11.6 Å². The maximum Gasteiger partial charge on any atom is 0.179 e. The summed E-state index contributed by atoms with van der Waals surface area (Å²) in [5.41, 5.74) is 5.75. The van der Waals surface area contributed by atoms with Crippen molar-refractivity contribution in [1.29, 1.82) is 0 Å². The van der Waals surface area contributed by atoms with Crippen LogP contribution in [0, 0.1) is 19.7 Å². The highest BCUT2D eigenvalue weighted by Crippen LogP contribution is 2.41. The molecule has 0 N–H and O–H groups in total. The molecule has 0 amide bonds. The van der Waals surface area contributed by atoms with Crippen molar-refractivity contribution >= 4 is 22.8 Å². The number of hydrogen-bond acceptors (Lipinski definition) is 5. The minimum absolute atomic E-state index is 0.0491. The molecular weight excluding hydrogens is 441 g/mol. The number of pyridine rings is 1. The summed E-state index contributed by atoms with van der Waals surface area (Å²) in [4.78, 5) is 14.3. The van der Waals surface area contributed by atoms with Crippen molar-refractivity contribution in [2.45, 2.75) is 51.7 Å². The maximum absolute atomic E-state index is 15.0. The van der Waals surface area contributed by atoms with Crippen molar-refractivity contribution < 1.29 is 9.13 Å². The fourth-order valence-corrected chi connectivity index (χ4v) is 4.71. The topological polar surface area (TPSA) is 65.7 Å². The van der Waals surface area contributed by atoms with Crippen LogP contribution in [0.1, 0.15) is 54.4 Å². The van der Waals surface area contributed by atoms with Crippen molar-refractivity contribution in [2.75, 3.05) is 0 Å². The van der Waals surface area contributed by atoms with E-state index in [0.29, 0.717) is 27.3 Å². The molecule has 0 bridgehead atoms. The first kappa shape index (κ1) is 21.9. The normalized spacial score (nSPS) is 21.0. The molecule has 0 aliphatic carbocycles. The van der Waals surface area contributed by atoms with E-state index in [2.05, 4.69) is 12.0 Å². The van der Waals surface area contributed by atoms with Gasteiger partial charge in [0.25, 0.3) is 0 Å². The summed E-state index contributed by atoms with van der Waals surface area (Å²) in [6.45, 7) is 5.88. The Morgan fingerprint density at radius 2 is 1.85 bits per heavy atom. The third-order valence-electron chi connectivity index (χ3n) is 6.32. The lowest BCUT2D eigenvalue weighted by Crippen LogP contribution is -2.25. The van der Waals surface area contributed by atoms with Crippen LogP contribution in [0.4, 0.5) is 4.39 Å². The van der Waals surface area contributed by atoms with Crippen LogP contribution in [-0.2, 0) is 11.8 Å². The van der Waals surface area contributed by atoms with Crippen molar-refractivity contribution in [3.05, 3.63) is 70.1 Å². The number of hydrogen-bond donors (Lipinski definition) is 0. The van der Waals surface area contributed by atoms with Gasteiger partial charge in [-0.05, 0) is 57.9 Å². The predicted octanol–water partition coefficient (Wildman–Crippen LogP) is 5.86. The molecule has 0 spiro atoms. The highest BCUT2D eigenvalue weighted by Gasteiger charge is 2.31. The van der Waals surface area contributed by atoms with E-state index in [9.17, 15) is 4.39 Å². The number of benzene rings is 1. The van der Waals surface area contributed by atoms with Crippen LogP contribution in [0.2, 0.25) is 5.02 Å². The lowest BCUT2D eigenvalue weighted by molar-refractivity contribution is -0.0505. The molecule has 5 rings (SSSR count). The van der Waals surface area contributed by atoms with Gasteiger partial charge in [0.1, 0.15) is 11.3 Å². The number of ether oxygens (including phenoxy) is 1. The van der Waals surface area contributed by atoms with E-state index in [1.807, 2.05) is 39.4 Å². The van der Waals surface area contributed by atoms with Gasteiger partial charge in [0, 0.05) is 46.6 Å². The molecule has 0 saturated carbocycles. The molecule has 8 heteroatoms. The molecule has 3 atom stereocenters. The predicted molar refractivity (Wildman–Crippen MR) is 126 cm³/mol. The fourth-order valence-electron chi connectivity index (χ4n) is 4.55. The number of rotatable bonds is 3. The summed E-state index contributed by atoms with van der Waals surface area (Å²) >= 11 is 6.01. The van der Waals surface area contributed by atoms with Gasteiger partial charge in [-0.2, -0.15) is 5.10 Å². The number of aryl methyl sites for hydroxylation is 3. The minimum atomic E-state index is -0.394. The van der Waals surface area contributed by atoms with Gasteiger partial charge in [0.05, 0.1) is 29.8 Å². The van der Waals surface area contributed by atoms with Crippen LogP contribution in [-0.4, -0.2) is 30.8 Å².